The van der Waals surface area contributed by atoms with Crippen LogP contribution in [0.2, 0.25) is 0 Å². The number of hydrogen-bond donors (Lipinski definition) is 0. The van der Waals surface area contributed by atoms with Crippen molar-refractivity contribution in [1.29, 1.82) is 0 Å². The zero-order valence-corrected chi connectivity index (χ0v) is 15.3. The third kappa shape index (κ3) is 2.34. The fourth-order valence-electron chi connectivity index (χ4n) is 2.34. The first-order chi connectivity index (χ1) is 8.47. The Kier molecular flexibility index (Phi) is 3.67. The number of fused-ring (bicyclic) bond motifs is 3. The van der Waals surface area contributed by atoms with E-state index < -0.39 is 16.7 Å². The Balaban J connectivity index is 2.16. The maximum absolute atomic E-state index is 6.22. The van der Waals surface area contributed by atoms with Crippen LogP contribution in [0.25, 0.3) is 6.08 Å². The Bertz CT molecular complexity index is 616. The van der Waals surface area contributed by atoms with Gasteiger partial charge in [-0.05, 0) is 0 Å². The maximum atomic E-state index is 6.22. The summed E-state index contributed by atoms with van der Waals surface area (Å²) >= 11 is -0.242. The van der Waals surface area contributed by atoms with Gasteiger partial charge < -0.3 is 0 Å². The van der Waals surface area contributed by atoms with E-state index in [0.717, 1.165) is 13.5 Å². The number of rotatable bonds is 1. The van der Waals surface area contributed by atoms with E-state index in [0.29, 0.717) is 0 Å². The predicted octanol–water partition coefficient (Wildman–Crippen LogP) is 5.47. The van der Waals surface area contributed by atoms with Crippen LogP contribution in [-0.4, -0.2) is 3.42 Å². The fraction of sp³-hybridized carbons (Fsp3) is 0.0833. The number of benzene rings is 1. The second kappa shape index (κ2) is 4.86. The van der Waals surface area contributed by atoms with Gasteiger partial charge >= 0.3 is 130 Å². The summed E-state index contributed by atoms with van der Waals surface area (Å²) in [6.45, 7) is 0. The molecule has 92 valence electrons. The summed E-state index contributed by atoms with van der Waals surface area (Å²) in [5, 5.41) is 0. The minimum absolute atomic E-state index is 0.0430. The number of allylic oxidation sites excluding steroid dienone is 2. The Morgan fingerprint density at radius 1 is 1.22 bits per heavy atom. The molecule has 1 atom stereocenters. The molecule has 2 aliphatic rings. The van der Waals surface area contributed by atoms with Gasteiger partial charge in [0.2, 0.25) is 0 Å². The summed E-state index contributed by atoms with van der Waals surface area (Å²) in [6.07, 6.45) is 5.86. The summed E-state index contributed by atoms with van der Waals surface area (Å²) in [5.74, 6) is 0.0430. The molecule has 1 aliphatic carbocycles. The Labute approximate surface area is 129 Å². The fourth-order valence-corrected chi connectivity index (χ4v) is 7.66. The van der Waals surface area contributed by atoms with Crippen molar-refractivity contribution in [3.63, 3.8) is 0 Å². The molecule has 0 amide bonds. The van der Waals surface area contributed by atoms with Crippen molar-refractivity contribution in [1.82, 2.24) is 0 Å². The van der Waals surface area contributed by atoms with E-state index >= 15 is 0 Å². The predicted molar refractivity (Wildman–Crippen MR) is 79.0 cm³/mol. The molecule has 0 N–H and O–H groups in total. The number of nitrogens with zero attached hydrogens (tertiary/aromatic N) is 1. The van der Waals surface area contributed by atoms with Gasteiger partial charge in [0.15, 0.2) is 0 Å². The van der Waals surface area contributed by atoms with Crippen molar-refractivity contribution in [2.24, 2.45) is 4.99 Å². The van der Waals surface area contributed by atoms with Gasteiger partial charge in [-0.25, -0.2) is 0 Å². The Morgan fingerprint density at radius 2 is 2.00 bits per heavy atom. The third-order valence-corrected chi connectivity index (χ3v) is 9.44. The van der Waals surface area contributed by atoms with Crippen molar-refractivity contribution in [2.75, 3.05) is 0 Å². The monoisotopic (exact) mass is 439 g/mol. The van der Waals surface area contributed by atoms with Gasteiger partial charge in [-0.2, -0.15) is 0 Å². The van der Waals surface area contributed by atoms with Crippen LogP contribution in [0.4, 0.5) is 0 Å². The van der Waals surface area contributed by atoms with E-state index in [1.54, 1.807) is 6.20 Å². The van der Waals surface area contributed by atoms with E-state index in [1.807, 2.05) is 12.1 Å². The molecule has 6 heteroatoms. The van der Waals surface area contributed by atoms with E-state index in [1.165, 1.54) is 11.1 Å². The van der Waals surface area contributed by atoms with Crippen LogP contribution in [0.5, 0.6) is 0 Å². The number of halogens is 4. The van der Waals surface area contributed by atoms with Crippen LogP contribution in [0.3, 0.4) is 0 Å². The summed E-state index contributed by atoms with van der Waals surface area (Å²) < 4.78 is 1.82. The van der Waals surface area contributed by atoms with Crippen molar-refractivity contribution in [3.05, 3.63) is 51.6 Å². The molecule has 0 fully saturated rings. The Hall–Kier alpha value is 0.603. The minimum atomic E-state index is -3.72. The Morgan fingerprint density at radius 3 is 2.72 bits per heavy atom. The summed E-state index contributed by atoms with van der Waals surface area (Å²) in [6, 6.07) is 6.17. The molecule has 1 aromatic carbocycles. The van der Waals surface area contributed by atoms with Crippen LogP contribution in [0.1, 0.15) is 17.0 Å². The topological polar surface area (TPSA) is 12.4 Å². The van der Waals surface area contributed by atoms with Crippen LogP contribution in [0, 0.1) is 0 Å². The van der Waals surface area contributed by atoms with Gasteiger partial charge in [0.25, 0.3) is 0 Å². The van der Waals surface area contributed by atoms with Crippen LogP contribution in [-0.2, 0) is 16.7 Å². The third-order valence-electron chi connectivity index (χ3n) is 3.06. The summed E-state index contributed by atoms with van der Waals surface area (Å²) in [5.41, 5.74) is 3.51. The van der Waals surface area contributed by atoms with Gasteiger partial charge in [-0.1, -0.05) is 0 Å². The van der Waals surface area contributed by atoms with Gasteiger partial charge in [0.05, 0.1) is 0 Å². The van der Waals surface area contributed by atoms with E-state index in [-0.39, 0.29) is 5.92 Å². The molecule has 1 aliphatic heterocycles. The first-order valence-corrected chi connectivity index (χ1v) is 16.8. The second-order valence-electron chi connectivity index (χ2n) is 4.18. The molecule has 1 heterocycles. The molecule has 1 unspecified atom stereocenters. The molecule has 0 aromatic heterocycles. The second-order valence-corrected chi connectivity index (χ2v) is 22.3. The van der Waals surface area contributed by atoms with E-state index in [4.69, 9.17) is 25.5 Å². The van der Waals surface area contributed by atoms with Gasteiger partial charge in [0.1, 0.15) is 0 Å². The normalized spacial score (nSPS) is 21.2. The molecular weight excluding hydrogens is 436 g/mol. The van der Waals surface area contributed by atoms with Gasteiger partial charge in [-0.15, -0.1) is 0 Å². The first-order valence-electron chi connectivity index (χ1n) is 5.29. The number of hydrogen-bond acceptors (Lipinski definition) is 1. The van der Waals surface area contributed by atoms with Crippen LogP contribution < -0.4 is 0 Å². The SMILES string of the molecule is [Cl][Zr]([Cl])([Cl])[C]1=NC=CC2=Cc3cc(Br)ccc3C21. The van der Waals surface area contributed by atoms with Crippen LogP contribution in [0.15, 0.2) is 45.5 Å². The van der Waals surface area contributed by atoms with Crippen molar-refractivity contribution < 1.29 is 16.7 Å². The van der Waals surface area contributed by atoms with Crippen molar-refractivity contribution >= 4 is 51.0 Å². The van der Waals surface area contributed by atoms with Gasteiger partial charge in [-0.3, -0.25) is 0 Å². The molecule has 0 saturated carbocycles. The number of aliphatic imine (C=N–C) groups is 1. The van der Waals surface area contributed by atoms with Crippen molar-refractivity contribution in [2.45, 2.75) is 5.92 Å². The molecule has 0 spiro atoms. The molecule has 1 nitrogen and oxygen atoms in total. The zero-order valence-electron chi connectivity index (χ0n) is 9.00. The first kappa shape index (κ1) is 13.6. The summed E-state index contributed by atoms with van der Waals surface area (Å²) in [4.78, 5) is 4.35. The molecular formula is C12H7BrCl3NZr. The van der Waals surface area contributed by atoms with E-state index in [2.05, 4.69) is 39.1 Å². The van der Waals surface area contributed by atoms with Crippen LogP contribution >= 0.6 is 41.5 Å². The average Bonchev–Trinajstić information content (AvgIpc) is 2.64. The van der Waals surface area contributed by atoms with Crippen molar-refractivity contribution in [3.8, 4) is 0 Å². The molecule has 1 aromatic rings. The molecule has 18 heavy (non-hydrogen) atoms. The zero-order chi connectivity index (χ0) is 12.9. The molecule has 3 rings (SSSR count). The standard InChI is InChI=1S/C12H7BrN.3ClH.Zr/c13-10-1-2-11-9(6-10)5-8-3-4-14-7-12(8)11;;;;/h1-6,12H;3*1H;/q;;;;+3/p-3. The van der Waals surface area contributed by atoms with E-state index in [9.17, 15) is 0 Å². The quantitative estimate of drug-likeness (QED) is 0.547. The molecule has 0 radical (unpaired) electrons. The van der Waals surface area contributed by atoms with Gasteiger partial charge in [0, 0.05) is 0 Å². The average molecular weight is 443 g/mol. The summed E-state index contributed by atoms with van der Waals surface area (Å²) in [7, 11) is 18.6. The molecule has 0 bridgehead atoms. The molecule has 0 saturated heterocycles.